The second-order valence-electron chi connectivity index (χ2n) is 6.08. The Morgan fingerprint density at radius 1 is 1.39 bits per heavy atom. The van der Waals surface area contributed by atoms with Crippen LogP contribution >= 0.6 is 0 Å². The molecule has 0 aromatic carbocycles. The molecule has 3 heterocycles. The van der Waals surface area contributed by atoms with Crippen LogP contribution in [0.2, 0.25) is 0 Å². The lowest BCUT2D eigenvalue weighted by molar-refractivity contribution is 0.545. The van der Waals surface area contributed by atoms with E-state index in [2.05, 4.69) is 38.3 Å². The fourth-order valence-electron chi connectivity index (χ4n) is 2.89. The number of anilines is 1. The Kier molecular flexibility index (Phi) is 3.44. The Bertz CT molecular complexity index is 809. The topological polar surface area (TPSA) is 71.7 Å². The van der Waals surface area contributed by atoms with E-state index >= 15 is 0 Å². The zero-order valence-corrected chi connectivity index (χ0v) is 13.5. The van der Waals surface area contributed by atoms with Gasteiger partial charge >= 0.3 is 0 Å². The number of hydrogen-bond donors (Lipinski definition) is 2. The summed E-state index contributed by atoms with van der Waals surface area (Å²) in [6, 6.07) is 6.10. The van der Waals surface area contributed by atoms with Gasteiger partial charge in [0.25, 0.3) is 0 Å². The highest BCUT2D eigenvalue weighted by atomic mass is 16.3. The van der Waals surface area contributed by atoms with Crippen LogP contribution in [0.15, 0.2) is 28.8 Å². The monoisotopic (exact) mass is 311 g/mol. The van der Waals surface area contributed by atoms with Crippen molar-refractivity contribution in [2.75, 3.05) is 5.32 Å². The van der Waals surface area contributed by atoms with Crippen molar-refractivity contribution in [3.63, 3.8) is 0 Å². The molecule has 0 aliphatic heterocycles. The van der Waals surface area contributed by atoms with Crippen molar-refractivity contribution < 1.29 is 4.42 Å². The summed E-state index contributed by atoms with van der Waals surface area (Å²) in [5.41, 5.74) is 3.34. The lowest BCUT2D eigenvalue weighted by Gasteiger charge is -2.03. The number of furan rings is 1. The van der Waals surface area contributed by atoms with Gasteiger partial charge in [0.15, 0.2) is 5.76 Å². The Morgan fingerprint density at radius 3 is 2.96 bits per heavy atom. The van der Waals surface area contributed by atoms with E-state index in [-0.39, 0.29) is 0 Å². The number of nitrogens with one attached hydrogen (secondary N) is 2. The number of aromatic nitrogens is 4. The largest absolute Gasteiger partial charge is 0.460 e. The van der Waals surface area contributed by atoms with Crippen molar-refractivity contribution in [2.24, 2.45) is 0 Å². The maximum atomic E-state index is 5.68. The highest BCUT2D eigenvalue weighted by Gasteiger charge is 2.27. The third kappa shape index (κ3) is 2.76. The third-order valence-corrected chi connectivity index (χ3v) is 4.27. The predicted octanol–water partition coefficient (Wildman–Crippen LogP) is 3.68. The zero-order valence-electron chi connectivity index (χ0n) is 13.5. The van der Waals surface area contributed by atoms with Crippen LogP contribution in [0.4, 0.5) is 5.82 Å². The van der Waals surface area contributed by atoms with Gasteiger partial charge in [-0.1, -0.05) is 0 Å². The van der Waals surface area contributed by atoms with E-state index in [1.165, 1.54) is 18.5 Å². The molecule has 0 saturated heterocycles. The number of aryl methyl sites for hydroxylation is 2. The molecule has 1 aliphatic carbocycles. The Balaban J connectivity index is 1.50. The molecule has 2 N–H and O–H groups in total. The number of nitrogens with zero attached hydrogens (tertiary/aromatic N) is 3. The average Bonchev–Trinajstić information content (AvgIpc) is 2.98. The van der Waals surface area contributed by atoms with Crippen LogP contribution in [0.5, 0.6) is 0 Å². The summed E-state index contributed by atoms with van der Waals surface area (Å²) in [5, 5.41) is 15.2. The molecule has 0 amide bonds. The molecule has 1 aliphatic rings. The third-order valence-electron chi connectivity index (χ3n) is 4.27. The SMILES string of the molecule is CCn1nc(NCc2cn[nH]c2-c2ccc(C)o2)cc1C1CC1. The van der Waals surface area contributed by atoms with E-state index in [4.69, 9.17) is 4.42 Å². The molecular weight excluding hydrogens is 290 g/mol. The first-order valence-electron chi connectivity index (χ1n) is 8.15. The molecule has 1 fully saturated rings. The van der Waals surface area contributed by atoms with E-state index in [1.54, 1.807) is 0 Å². The molecule has 0 radical (unpaired) electrons. The molecule has 1 saturated carbocycles. The van der Waals surface area contributed by atoms with Crippen molar-refractivity contribution >= 4 is 5.82 Å². The lowest BCUT2D eigenvalue weighted by Crippen LogP contribution is -2.03. The van der Waals surface area contributed by atoms with E-state index in [9.17, 15) is 0 Å². The van der Waals surface area contributed by atoms with Crippen molar-refractivity contribution in [1.82, 2.24) is 20.0 Å². The van der Waals surface area contributed by atoms with Crippen molar-refractivity contribution in [2.45, 2.75) is 45.7 Å². The second kappa shape index (κ2) is 5.61. The van der Waals surface area contributed by atoms with Crippen LogP contribution in [0.1, 0.15) is 42.7 Å². The van der Waals surface area contributed by atoms with Crippen LogP contribution in [0.25, 0.3) is 11.5 Å². The summed E-state index contributed by atoms with van der Waals surface area (Å²) in [5.74, 6) is 3.34. The van der Waals surface area contributed by atoms with Gasteiger partial charge in [-0.25, -0.2) is 0 Å². The van der Waals surface area contributed by atoms with Crippen LogP contribution in [-0.4, -0.2) is 20.0 Å². The first-order chi connectivity index (χ1) is 11.2. The van der Waals surface area contributed by atoms with Crippen molar-refractivity contribution in [3.05, 3.63) is 41.4 Å². The second-order valence-corrected chi connectivity index (χ2v) is 6.08. The minimum atomic E-state index is 0.663. The normalized spacial score (nSPS) is 14.3. The van der Waals surface area contributed by atoms with Gasteiger partial charge in [-0.05, 0) is 38.8 Å². The predicted molar refractivity (Wildman–Crippen MR) is 88.2 cm³/mol. The number of rotatable bonds is 6. The van der Waals surface area contributed by atoms with Gasteiger partial charge in [0, 0.05) is 36.3 Å². The smallest absolute Gasteiger partial charge is 0.152 e. The molecule has 3 aromatic heterocycles. The van der Waals surface area contributed by atoms with Gasteiger partial charge < -0.3 is 9.73 Å². The Labute approximate surface area is 134 Å². The molecule has 6 heteroatoms. The van der Waals surface area contributed by atoms with Crippen LogP contribution in [0, 0.1) is 6.92 Å². The van der Waals surface area contributed by atoms with Crippen LogP contribution in [0.3, 0.4) is 0 Å². The molecule has 0 atom stereocenters. The standard InChI is InChI=1S/C17H21N5O/c1-3-22-14(12-5-6-12)8-16(21-22)18-9-13-10-19-20-17(13)15-7-4-11(2)23-15/h4,7-8,10,12H,3,5-6,9H2,1-2H3,(H,18,21)(H,19,20). The molecule has 0 unspecified atom stereocenters. The van der Waals surface area contributed by atoms with Crippen molar-refractivity contribution in [3.8, 4) is 11.5 Å². The molecule has 4 rings (SSSR count). The molecule has 23 heavy (non-hydrogen) atoms. The van der Waals surface area contributed by atoms with E-state index in [0.717, 1.165) is 35.1 Å². The van der Waals surface area contributed by atoms with Crippen molar-refractivity contribution in [1.29, 1.82) is 0 Å². The van der Waals surface area contributed by atoms with Gasteiger partial charge in [-0.3, -0.25) is 9.78 Å². The Hall–Kier alpha value is -2.50. The molecule has 6 nitrogen and oxygen atoms in total. The van der Waals surface area contributed by atoms with Gasteiger partial charge in [-0.2, -0.15) is 10.2 Å². The summed E-state index contributed by atoms with van der Waals surface area (Å²) < 4.78 is 7.79. The summed E-state index contributed by atoms with van der Waals surface area (Å²) in [6.07, 6.45) is 4.41. The van der Waals surface area contributed by atoms with Gasteiger partial charge in [0.05, 0.1) is 6.20 Å². The zero-order chi connectivity index (χ0) is 15.8. The number of H-pyrrole nitrogens is 1. The van der Waals surface area contributed by atoms with Gasteiger partial charge in [0.1, 0.15) is 17.3 Å². The van der Waals surface area contributed by atoms with E-state index < -0.39 is 0 Å². The summed E-state index contributed by atoms with van der Waals surface area (Å²) in [7, 11) is 0. The molecule has 120 valence electrons. The van der Waals surface area contributed by atoms with E-state index in [1.807, 2.05) is 25.3 Å². The highest BCUT2D eigenvalue weighted by Crippen LogP contribution is 2.40. The van der Waals surface area contributed by atoms with E-state index in [0.29, 0.717) is 12.5 Å². The van der Waals surface area contributed by atoms with Gasteiger partial charge in [-0.15, -0.1) is 0 Å². The minimum absolute atomic E-state index is 0.663. The summed E-state index contributed by atoms with van der Waals surface area (Å²) in [4.78, 5) is 0. The molecule has 3 aromatic rings. The summed E-state index contributed by atoms with van der Waals surface area (Å²) >= 11 is 0. The number of aromatic amines is 1. The molecular formula is C17H21N5O. The van der Waals surface area contributed by atoms with Gasteiger partial charge in [0.2, 0.25) is 0 Å². The lowest BCUT2D eigenvalue weighted by atomic mass is 10.2. The minimum Gasteiger partial charge on any atom is -0.460 e. The summed E-state index contributed by atoms with van der Waals surface area (Å²) in [6.45, 7) is 5.65. The van der Waals surface area contributed by atoms with Crippen LogP contribution < -0.4 is 5.32 Å². The van der Waals surface area contributed by atoms with Crippen LogP contribution in [-0.2, 0) is 13.1 Å². The maximum absolute atomic E-state index is 5.68. The molecule has 0 spiro atoms. The first kappa shape index (κ1) is 14.1. The average molecular weight is 311 g/mol. The number of hydrogen-bond acceptors (Lipinski definition) is 4. The first-order valence-corrected chi connectivity index (χ1v) is 8.15. The fourth-order valence-corrected chi connectivity index (χ4v) is 2.89. The quantitative estimate of drug-likeness (QED) is 0.728. The maximum Gasteiger partial charge on any atom is 0.152 e. The fraction of sp³-hybridized carbons (Fsp3) is 0.412. The molecule has 0 bridgehead atoms. The Morgan fingerprint density at radius 2 is 2.26 bits per heavy atom. The highest BCUT2D eigenvalue weighted by molar-refractivity contribution is 5.57.